The van der Waals surface area contributed by atoms with Crippen LogP contribution in [0.5, 0.6) is 5.75 Å². The largest absolute Gasteiger partial charge is 0.477 e. The van der Waals surface area contributed by atoms with E-state index < -0.39 is 27.1 Å². The maximum absolute atomic E-state index is 13.3. The van der Waals surface area contributed by atoms with E-state index in [1.165, 1.54) is 25.3 Å². The fraction of sp³-hybridized carbons (Fsp3) is 0.571. The minimum absolute atomic E-state index is 0.222. The Kier molecular flexibility index (Phi) is 6.20. The molecule has 1 aromatic heterocycles. The molecule has 3 saturated carbocycles. The molecule has 0 unspecified atom stereocenters. The first-order valence-corrected chi connectivity index (χ1v) is 15.3. The van der Waals surface area contributed by atoms with E-state index in [1.807, 2.05) is 17.0 Å². The van der Waals surface area contributed by atoms with E-state index in [0.717, 1.165) is 18.4 Å². The number of benzene rings is 1. The van der Waals surface area contributed by atoms with Crippen LogP contribution >= 0.6 is 11.6 Å². The van der Waals surface area contributed by atoms with Gasteiger partial charge in [0, 0.05) is 31.0 Å². The number of sulfonamides is 1. The molecule has 1 spiro atoms. The highest BCUT2D eigenvalue weighted by atomic mass is 35.5. The molecule has 6 rings (SSSR count). The number of hydrogen-bond acceptors (Lipinski definition) is 7. The number of carbonyl (C=O) groups is 1. The zero-order valence-corrected chi connectivity index (χ0v) is 23.2. The summed E-state index contributed by atoms with van der Waals surface area (Å²) in [6.45, 7) is 2.93. The van der Waals surface area contributed by atoms with Crippen molar-refractivity contribution < 1.29 is 23.1 Å². The maximum Gasteiger partial charge on any atom is 0.281 e. The Hall–Kier alpha value is -2.36. The molecular formula is C28H34ClN3O5S. The van der Waals surface area contributed by atoms with Crippen LogP contribution < -0.4 is 14.4 Å². The molecule has 1 aliphatic heterocycles. The Morgan fingerprint density at radius 3 is 2.45 bits per heavy atom. The van der Waals surface area contributed by atoms with Crippen molar-refractivity contribution in [1.82, 2.24) is 9.71 Å². The fourth-order valence-corrected chi connectivity index (χ4v) is 7.31. The van der Waals surface area contributed by atoms with Crippen molar-refractivity contribution in [3.05, 3.63) is 47.0 Å². The van der Waals surface area contributed by atoms with E-state index in [2.05, 4.69) is 9.71 Å². The third kappa shape index (κ3) is 4.89. The molecule has 38 heavy (non-hydrogen) atoms. The van der Waals surface area contributed by atoms with Gasteiger partial charge in [0.1, 0.15) is 11.6 Å². The summed E-state index contributed by atoms with van der Waals surface area (Å²) < 4.78 is 34.8. The number of aromatic nitrogens is 1. The number of rotatable bonds is 7. The number of carbonyl (C=O) groups excluding carboxylic acids is 1. The minimum Gasteiger partial charge on any atom is -0.477 e. The van der Waals surface area contributed by atoms with Gasteiger partial charge in [0.05, 0.1) is 5.60 Å². The summed E-state index contributed by atoms with van der Waals surface area (Å²) in [5.41, 5.74) is -0.436. The summed E-state index contributed by atoms with van der Waals surface area (Å²) >= 11 is 6.28. The van der Waals surface area contributed by atoms with E-state index in [0.29, 0.717) is 66.7 Å². The second-order valence-electron chi connectivity index (χ2n) is 12.0. The molecule has 0 bridgehead atoms. The Morgan fingerprint density at radius 2 is 1.82 bits per heavy atom. The van der Waals surface area contributed by atoms with E-state index in [-0.39, 0.29) is 5.03 Å². The van der Waals surface area contributed by atoms with E-state index >= 15 is 0 Å². The van der Waals surface area contributed by atoms with Crippen LogP contribution in [0.4, 0.5) is 5.82 Å². The van der Waals surface area contributed by atoms with Crippen LogP contribution in [-0.2, 0) is 14.8 Å². The minimum atomic E-state index is -4.21. The molecular weight excluding hydrogens is 526 g/mol. The van der Waals surface area contributed by atoms with Gasteiger partial charge in [-0.25, -0.2) is 9.71 Å². The highest BCUT2D eigenvalue weighted by Gasteiger charge is 2.55. The Balaban J connectivity index is 1.16. The molecule has 0 radical (unpaired) electrons. The summed E-state index contributed by atoms with van der Waals surface area (Å²) in [5.74, 6) is 0.758. The van der Waals surface area contributed by atoms with Crippen molar-refractivity contribution in [2.45, 2.75) is 86.9 Å². The number of hydrogen-bond donors (Lipinski definition) is 2. The lowest BCUT2D eigenvalue weighted by atomic mass is 9.50. The van der Waals surface area contributed by atoms with Gasteiger partial charge in [0.2, 0.25) is 0 Å². The van der Waals surface area contributed by atoms with Crippen LogP contribution in [0.15, 0.2) is 41.4 Å². The lowest BCUT2D eigenvalue weighted by Gasteiger charge is -2.54. The van der Waals surface area contributed by atoms with Crippen molar-refractivity contribution in [1.29, 1.82) is 0 Å². The predicted octanol–water partition coefficient (Wildman–Crippen LogP) is 4.55. The highest BCUT2D eigenvalue weighted by molar-refractivity contribution is 7.90. The zero-order chi connectivity index (χ0) is 26.8. The number of nitrogens with zero attached hydrogens (tertiary/aromatic N) is 2. The summed E-state index contributed by atoms with van der Waals surface area (Å²) in [4.78, 5) is 19.5. The Labute approximate surface area is 228 Å². The van der Waals surface area contributed by atoms with Gasteiger partial charge in [-0.05, 0) is 86.6 Å². The molecule has 0 atom stereocenters. The van der Waals surface area contributed by atoms with Crippen molar-refractivity contribution in [2.75, 3.05) is 18.0 Å². The second kappa shape index (κ2) is 9.10. The molecule has 1 saturated heterocycles. The van der Waals surface area contributed by atoms with Gasteiger partial charge >= 0.3 is 0 Å². The number of piperidine rings is 1. The normalized spacial score (nSPS) is 23.3. The van der Waals surface area contributed by atoms with Crippen LogP contribution in [-0.4, -0.2) is 48.7 Å². The summed E-state index contributed by atoms with van der Waals surface area (Å²) in [7, 11) is -4.21. The van der Waals surface area contributed by atoms with E-state index in [1.54, 1.807) is 25.1 Å². The Bertz CT molecular complexity index is 1350. The average molecular weight is 560 g/mol. The number of aliphatic hydroxyl groups is 1. The molecule has 204 valence electrons. The van der Waals surface area contributed by atoms with Gasteiger partial charge in [-0.2, -0.15) is 8.42 Å². The van der Waals surface area contributed by atoms with Gasteiger partial charge in [-0.15, -0.1) is 0 Å². The lowest BCUT2D eigenvalue weighted by molar-refractivity contribution is -0.128. The quantitative estimate of drug-likeness (QED) is 0.512. The first-order valence-electron chi connectivity index (χ1n) is 13.5. The number of ether oxygens (including phenoxy) is 1. The molecule has 2 heterocycles. The van der Waals surface area contributed by atoms with Crippen LogP contribution in [0, 0.1) is 5.41 Å². The van der Waals surface area contributed by atoms with Crippen LogP contribution in [0.1, 0.15) is 76.2 Å². The summed E-state index contributed by atoms with van der Waals surface area (Å²) in [6, 6.07) is 10.3. The number of pyridine rings is 1. The molecule has 4 fully saturated rings. The van der Waals surface area contributed by atoms with Gasteiger partial charge < -0.3 is 14.7 Å². The van der Waals surface area contributed by atoms with E-state index in [4.69, 9.17) is 16.3 Å². The van der Waals surface area contributed by atoms with Crippen LogP contribution in [0.3, 0.4) is 0 Å². The van der Waals surface area contributed by atoms with Gasteiger partial charge in [0.15, 0.2) is 10.6 Å². The van der Waals surface area contributed by atoms with Gasteiger partial charge in [-0.1, -0.05) is 30.2 Å². The first-order chi connectivity index (χ1) is 18.0. The van der Waals surface area contributed by atoms with Crippen molar-refractivity contribution >= 4 is 33.3 Å². The number of amides is 1. The molecule has 2 aromatic rings. The molecule has 8 nitrogen and oxygen atoms in total. The molecule has 2 N–H and O–H groups in total. The predicted molar refractivity (Wildman–Crippen MR) is 144 cm³/mol. The van der Waals surface area contributed by atoms with Crippen LogP contribution in [0.2, 0.25) is 5.02 Å². The third-order valence-corrected chi connectivity index (χ3v) is 10.5. The molecule has 1 amide bonds. The number of halogens is 1. The topological polar surface area (TPSA) is 109 Å². The average Bonchev–Trinajstić information content (AvgIpc) is 3.59. The number of anilines is 1. The van der Waals surface area contributed by atoms with E-state index in [9.17, 15) is 18.3 Å². The molecule has 10 heteroatoms. The van der Waals surface area contributed by atoms with Gasteiger partial charge in [0.25, 0.3) is 15.9 Å². The smallest absolute Gasteiger partial charge is 0.281 e. The highest BCUT2D eigenvalue weighted by Crippen LogP contribution is 2.63. The van der Waals surface area contributed by atoms with Crippen molar-refractivity contribution in [2.24, 2.45) is 5.41 Å². The standard InChI is InChI=1S/C28H34ClN3O5S/c1-26(34)12-14-32(15-13-26)23-4-2-5-24(30-23)38(35,36)31-25(33)28(10-11-28)37-22-16-20(29)6-7-21(22)19-17-27(18-19)8-3-9-27/h2,4-7,16,19,34H,3,8-15,17-18H2,1H3,(H,31,33). The lowest BCUT2D eigenvalue weighted by Crippen LogP contribution is -2.44. The van der Waals surface area contributed by atoms with Crippen molar-refractivity contribution in [3.8, 4) is 5.75 Å². The first kappa shape index (κ1) is 25.9. The summed E-state index contributed by atoms with van der Waals surface area (Å²) in [5, 5.41) is 10.5. The SMILES string of the molecule is CC1(O)CCN(c2cccc(S(=O)(=O)NC(=O)C3(Oc4cc(Cl)ccc4C4CC5(CCC5)C4)CC3)n2)CC1. The van der Waals surface area contributed by atoms with Crippen LogP contribution in [0.25, 0.3) is 0 Å². The molecule has 4 aliphatic rings. The molecule has 1 aromatic carbocycles. The Morgan fingerprint density at radius 1 is 1.11 bits per heavy atom. The van der Waals surface area contributed by atoms with Crippen molar-refractivity contribution in [3.63, 3.8) is 0 Å². The molecule has 3 aliphatic carbocycles. The monoisotopic (exact) mass is 559 g/mol. The fourth-order valence-electron chi connectivity index (χ4n) is 6.14. The zero-order valence-electron chi connectivity index (χ0n) is 21.6. The maximum atomic E-state index is 13.3. The second-order valence-corrected chi connectivity index (χ2v) is 14.1. The number of nitrogens with one attached hydrogen (secondary N) is 1. The van der Waals surface area contributed by atoms with Gasteiger partial charge in [-0.3, -0.25) is 4.79 Å². The third-order valence-electron chi connectivity index (χ3n) is 8.99. The summed E-state index contributed by atoms with van der Waals surface area (Å²) in [6.07, 6.45) is 8.09.